The number of carbonyl (C=O) groups excluding carboxylic acids is 2. The van der Waals surface area contributed by atoms with Crippen LogP contribution >= 0.6 is 11.3 Å². The van der Waals surface area contributed by atoms with Crippen molar-refractivity contribution in [2.45, 2.75) is 13.0 Å². The molecule has 0 spiro atoms. The Balaban J connectivity index is 1.72. The molecule has 8 heteroatoms. The number of aryl methyl sites for hydroxylation is 1. The van der Waals surface area contributed by atoms with Crippen molar-refractivity contribution in [3.8, 4) is 0 Å². The van der Waals surface area contributed by atoms with E-state index in [9.17, 15) is 19.1 Å². The highest BCUT2D eigenvalue weighted by Gasteiger charge is 2.49. The molecule has 0 aliphatic carbocycles. The Morgan fingerprint density at radius 2 is 1.97 bits per heavy atom. The Morgan fingerprint density at radius 1 is 1.16 bits per heavy atom. The molecule has 3 heterocycles. The number of ketones is 1. The standard InChI is InChI=1S/C23H15FN2O4S/c1-12-11-13(8-9-14(12)24)20(27)18-19(16-6-4-10-30-16)26(22(29)21(18)28)23-25-15-5-2-3-7-17(15)31-23/h2-11,19,27H,1H3/b20-18+. The molecule has 0 bridgehead atoms. The van der Waals surface area contributed by atoms with E-state index in [0.717, 1.165) is 4.70 Å². The second-order valence-electron chi connectivity index (χ2n) is 7.11. The van der Waals surface area contributed by atoms with Crippen LogP contribution < -0.4 is 4.90 Å². The van der Waals surface area contributed by atoms with Gasteiger partial charge in [0.1, 0.15) is 23.4 Å². The first kappa shape index (κ1) is 19.2. The van der Waals surface area contributed by atoms with Gasteiger partial charge in [-0.15, -0.1) is 0 Å². The number of hydrogen-bond acceptors (Lipinski definition) is 6. The molecule has 2 aromatic heterocycles. The van der Waals surface area contributed by atoms with Gasteiger partial charge in [-0.05, 0) is 55.0 Å². The predicted molar refractivity (Wildman–Crippen MR) is 114 cm³/mol. The van der Waals surface area contributed by atoms with E-state index in [1.807, 2.05) is 24.3 Å². The fourth-order valence-electron chi connectivity index (χ4n) is 3.66. The van der Waals surface area contributed by atoms with Gasteiger partial charge in [-0.3, -0.25) is 14.5 Å². The van der Waals surface area contributed by atoms with E-state index in [-0.39, 0.29) is 11.1 Å². The normalized spacial score (nSPS) is 18.3. The van der Waals surface area contributed by atoms with Gasteiger partial charge in [0.05, 0.1) is 22.1 Å². The van der Waals surface area contributed by atoms with Crippen molar-refractivity contribution in [1.82, 2.24) is 4.98 Å². The van der Waals surface area contributed by atoms with E-state index in [0.29, 0.717) is 22.0 Å². The predicted octanol–water partition coefficient (Wildman–Crippen LogP) is 4.96. The molecule has 5 rings (SSSR count). The zero-order valence-electron chi connectivity index (χ0n) is 16.2. The van der Waals surface area contributed by atoms with Gasteiger partial charge >= 0.3 is 5.91 Å². The van der Waals surface area contributed by atoms with Gasteiger partial charge in [0.15, 0.2) is 5.13 Å². The summed E-state index contributed by atoms with van der Waals surface area (Å²) in [6.45, 7) is 1.55. The molecule has 1 N–H and O–H groups in total. The molecule has 1 saturated heterocycles. The van der Waals surface area contributed by atoms with Gasteiger partial charge < -0.3 is 9.52 Å². The summed E-state index contributed by atoms with van der Waals surface area (Å²) in [5.41, 5.74) is 1.10. The lowest BCUT2D eigenvalue weighted by Crippen LogP contribution is -2.29. The van der Waals surface area contributed by atoms with Crippen LogP contribution in [-0.4, -0.2) is 21.8 Å². The van der Waals surface area contributed by atoms with Crippen molar-refractivity contribution in [3.05, 3.63) is 89.1 Å². The van der Waals surface area contributed by atoms with Gasteiger partial charge in [0, 0.05) is 5.56 Å². The van der Waals surface area contributed by atoms with Crippen molar-refractivity contribution in [2.24, 2.45) is 0 Å². The number of furan rings is 1. The number of fused-ring (bicyclic) bond motifs is 1. The van der Waals surface area contributed by atoms with Gasteiger partial charge in [-0.2, -0.15) is 0 Å². The number of halogens is 1. The fourth-order valence-corrected chi connectivity index (χ4v) is 4.65. The van der Waals surface area contributed by atoms with Crippen molar-refractivity contribution < 1.29 is 23.5 Å². The molecule has 1 unspecified atom stereocenters. The zero-order valence-corrected chi connectivity index (χ0v) is 17.0. The fraction of sp³-hybridized carbons (Fsp3) is 0.0870. The Hall–Kier alpha value is -3.78. The lowest BCUT2D eigenvalue weighted by atomic mass is 9.98. The quantitative estimate of drug-likeness (QED) is 0.280. The van der Waals surface area contributed by atoms with E-state index >= 15 is 0 Å². The van der Waals surface area contributed by atoms with Crippen LogP contribution in [0.15, 0.2) is 70.9 Å². The second kappa shape index (κ2) is 7.17. The molecular formula is C23H15FN2O4S. The van der Waals surface area contributed by atoms with E-state index in [1.54, 1.807) is 19.1 Å². The number of aromatic nitrogens is 1. The molecule has 1 fully saturated rings. The number of nitrogens with zero attached hydrogens (tertiary/aromatic N) is 2. The number of amides is 1. The highest BCUT2D eigenvalue weighted by atomic mass is 32.1. The summed E-state index contributed by atoms with van der Waals surface area (Å²) in [5, 5.41) is 11.3. The number of para-hydroxylation sites is 1. The summed E-state index contributed by atoms with van der Waals surface area (Å²) in [7, 11) is 0. The van der Waals surface area contributed by atoms with Crippen LogP contribution in [0.4, 0.5) is 9.52 Å². The van der Waals surface area contributed by atoms with Crippen LogP contribution in [0.2, 0.25) is 0 Å². The second-order valence-corrected chi connectivity index (χ2v) is 8.12. The maximum atomic E-state index is 13.7. The Labute approximate surface area is 179 Å². The third kappa shape index (κ3) is 3.03. The van der Waals surface area contributed by atoms with Gasteiger partial charge in [-0.1, -0.05) is 23.5 Å². The largest absolute Gasteiger partial charge is 0.507 e. The SMILES string of the molecule is Cc1cc(/C(O)=C2\C(=O)C(=O)N(c3nc4ccccc4s3)C2c2ccco2)ccc1F. The Bertz CT molecular complexity index is 1340. The van der Waals surface area contributed by atoms with E-state index < -0.39 is 29.3 Å². The van der Waals surface area contributed by atoms with Crippen LogP contribution in [0.25, 0.3) is 16.0 Å². The van der Waals surface area contributed by atoms with Crippen molar-refractivity contribution in [1.29, 1.82) is 0 Å². The highest BCUT2D eigenvalue weighted by molar-refractivity contribution is 7.22. The topological polar surface area (TPSA) is 83.6 Å². The molecule has 4 aromatic rings. The monoisotopic (exact) mass is 434 g/mol. The molecule has 0 radical (unpaired) electrons. The van der Waals surface area contributed by atoms with Gasteiger partial charge in [0.25, 0.3) is 5.78 Å². The van der Waals surface area contributed by atoms with E-state index in [4.69, 9.17) is 4.42 Å². The average molecular weight is 434 g/mol. The zero-order chi connectivity index (χ0) is 21.7. The number of carbonyl (C=O) groups is 2. The molecule has 1 aliphatic heterocycles. The number of hydrogen-bond donors (Lipinski definition) is 1. The number of anilines is 1. The molecule has 2 aromatic carbocycles. The number of Topliss-reactive ketones (excluding diaryl/α,β-unsaturated/α-hetero) is 1. The van der Waals surface area contributed by atoms with Crippen LogP contribution in [0, 0.1) is 12.7 Å². The molecule has 1 atom stereocenters. The molecule has 31 heavy (non-hydrogen) atoms. The minimum absolute atomic E-state index is 0.134. The van der Waals surface area contributed by atoms with Crippen molar-refractivity contribution >= 4 is 44.1 Å². The highest BCUT2D eigenvalue weighted by Crippen LogP contribution is 2.44. The maximum absolute atomic E-state index is 13.7. The molecule has 0 saturated carbocycles. The molecule has 6 nitrogen and oxygen atoms in total. The molecule has 1 amide bonds. The lowest BCUT2D eigenvalue weighted by Gasteiger charge is -2.20. The first-order chi connectivity index (χ1) is 15.0. The van der Waals surface area contributed by atoms with E-state index in [1.165, 1.54) is 40.7 Å². The van der Waals surface area contributed by atoms with Gasteiger partial charge in [0.2, 0.25) is 0 Å². The Morgan fingerprint density at radius 3 is 2.68 bits per heavy atom. The third-order valence-electron chi connectivity index (χ3n) is 5.18. The number of thiazole rings is 1. The van der Waals surface area contributed by atoms with Crippen molar-refractivity contribution in [2.75, 3.05) is 4.90 Å². The van der Waals surface area contributed by atoms with Crippen LogP contribution in [0.1, 0.15) is 22.9 Å². The lowest BCUT2D eigenvalue weighted by molar-refractivity contribution is -0.132. The minimum atomic E-state index is -0.999. The summed E-state index contributed by atoms with van der Waals surface area (Å²) in [6.07, 6.45) is 1.43. The van der Waals surface area contributed by atoms with Crippen molar-refractivity contribution in [3.63, 3.8) is 0 Å². The first-order valence-electron chi connectivity index (χ1n) is 9.42. The van der Waals surface area contributed by atoms with Crippen LogP contribution in [0.5, 0.6) is 0 Å². The Kier molecular flexibility index (Phi) is 4.44. The number of benzene rings is 2. The summed E-state index contributed by atoms with van der Waals surface area (Å²) in [4.78, 5) is 31.8. The van der Waals surface area contributed by atoms with Crippen LogP contribution in [0.3, 0.4) is 0 Å². The average Bonchev–Trinajstić information content (AvgIpc) is 3.48. The summed E-state index contributed by atoms with van der Waals surface area (Å²) < 4.78 is 20.1. The number of rotatable bonds is 3. The first-order valence-corrected chi connectivity index (χ1v) is 10.2. The summed E-state index contributed by atoms with van der Waals surface area (Å²) in [5.74, 6) is -2.21. The molecule has 154 valence electrons. The summed E-state index contributed by atoms with van der Waals surface area (Å²) >= 11 is 1.26. The van der Waals surface area contributed by atoms with E-state index in [2.05, 4.69) is 4.98 Å². The number of aliphatic hydroxyl groups excluding tert-OH is 1. The molecule has 1 aliphatic rings. The van der Waals surface area contributed by atoms with Gasteiger partial charge in [-0.25, -0.2) is 9.37 Å². The third-order valence-corrected chi connectivity index (χ3v) is 6.21. The maximum Gasteiger partial charge on any atom is 0.302 e. The number of aliphatic hydroxyl groups is 1. The van der Waals surface area contributed by atoms with Crippen LogP contribution in [-0.2, 0) is 9.59 Å². The molecular weight excluding hydrogens is 419 g/mol. The summed E-state index contributed by atoms with van der Waals surface area (Å²) in [6, 6.07) is 13.6. The smallest absolute Gasteiger partial charge is 0.302 e. The minimum Gasteiger partial charge on any atom is -0.507 e.